The predicted molar refractivity (Wildman–Crippen MR) is 137 cm³/mol. The number of carbonyl (C=O) groups is 1. The first-order chi connectivity index (χ1) is 14.2. The molecule has 2 atom stereocenters. The lowest BCUT2D eigenvalue weighted by Gasteiger charge is -2.38. The number of benzene rings is 1. The molecule has 31 heavy (non-hydrogen) atoms. The van der Waals surface area contributed by atoms with Gasteiger partial charge in [0.05, 0.1) is 12.8 Å². The minimum absolute atomic E-state index is 0.165. The van der Waals surface area contributed by atoms with Crippen molar-refractivity contribution < 1.29 is 14.0 Å². The molecule has 2 rings (SSSR count). The van der Waals surface area contributed by atoms with E-state index in [1.165, 1.54) is 12.7 Å². The summed E-state index contributed by atoms with van der Waals surface area (Å²) in [7, 11) is -2.04. The maximum Gasteiger partial charge on any atom is 0.415 e. The molecular weight excluding hydrogens is 418 g/mol. The molecule has 1 aliphatic heterocycles. The molecule has 1 aliphatic rings. The topological polar surface area (TPSA) is 38.8 Å². The third-order valence-corrected chi connectivity index (χ3v) is 11.5. The molecule has 0 aliphatic carbocycles. The molecule has 1 heterocycles. The highest BCUT2D eigenvalue weighted by Crippen LogP contribution is 2.40. The Labute approximate surface area is 191 Å². The Kier molecular flexibility index (Phi) is 7.68. The molecule has 170 valence electrons. The molecule has 0 unspecified atom stereocenters. The zero-order valence-electron chi connectivity index (χ0n) is 20.9. The molecule has 1 aromatic carbocycles. The van der Waals surface area contributed by atoms with Gasteiger partial charge in [0.25, 0.3) is 0 Å². The SMILES string of the molecule is COC(=O)N1c2ccccc2C([C@@H](C)CO[Si](C)(C)C(C)(C)C)=C[C@H]1C#C[Si](C)(C)C. The third-order valence-electron chi connectivity index (χ3n) is 6.09. The summed E-state index contributed by atoms with van der Waals surface area (Å²) in [6.07, 6.45) is 1.74. The van der Waals surface area contributed by atoms with Crippen molar-refractivity contribution in [3.63, 3.8) is 0 Å². The standard InChI is InChI=1S/C25H39NO3Si2/c1-19(18-29-31(9,10)25(2,3)4)22-17-20(15-16-30(6,7)8)26(24(27)28-5)23-14-12-11-13-21(22)23/h11-14,17,19-20H,18H2,1-10H3/t19-,20+/m0/s1. The quantitative estimate of drug-likeness (QED) is 0.379. The Balaban J connectivity index is 2.48. The summed E-state index contributed by atoms with van der Waals surface area (Å²) in [5.74, 6) is 3.56. The molecule has 0 N–H and O–H groups in total. The number of methoxy groups -OCH3 is 1. The number of hydrogen-bond donors (Lipinski definition) is 0. The molecule has 0 spiro atoms. The molecule has 1 aromatic rings. The van der Waals surface area contributed by atoms with Gasteiger partial charge in [-0.1, -0.05) is 71.5 Å². The van der Waals surface area contributed by atoms with Crippen LogP contribution in [-0.4, -0.2) is 42.2 Å². The molecule has 1 amide bonds. The van der Waals surface area contributed by atoms with Crippen LogP contribution in [0.25, 0.3) is 5.57 Å². The summed E-state index contributed by atoms with van der Waals surface area (Å²) in [4.78, 5) is 14.4. The van der Waals surface area contributed by atoms with Crippen LogP contribution in [0.5, 0.6) is 0 Å². The Morgan fingerprint density at radius 1 is 1.16 bits per heavy atom. The van der Waals surface area contributed by atoms with Crippen molar-refractivity contribution in [3.05, 3.63) is 35.9 Å². The van der Waals surface area contributed by atoms with E-state index in [4.69, 9.17) is 9.16 Å². The number of hydrogen-bond acceptors (Lipinski definition) is 3. The highest BCUT2D eigenvalue weighted by atomic mass is 28.4. The molecule has 0 radical (unpaired) electrons. The van der Waals surface area contributed by atoms with Gasteiger partial charge in [-0.25, -0.2) is 4.79 Å². The third kappa shape index (κ3) is 6.12. The van der Waals surface area contributed by atoms with Crippen LogP contribution in [0.3, 0.4) is 0 Å². The zero-order chi connectivity index (χ0) is 23.6. The second-order valence-corrected chi connectivity index (χ2v) is 20.5. The molecule has 0 saturated heterocycles. The van der Waals surface area contributed by atoms with Crippen LogP contribution in [0.4, 0.5) is 10.5 Å². The van der Waals surface area contributed by atoms with Crippen LogP contribution in [0.1, 0.15) is 33.3 Å². The second-order valence-electron chi connectivity index (χ2n) is 10.9. The van der Waals surface area contributed by atoms with E-state index in [9.17, 15) is 4.79 Å². The van der Waals surface area contributed by atoms with Gasteiger partial charge in [-0.15, -0.1) is 5.54 Å². The minimum atomic E-state index is -1.85. The van der Waals surface area contributed by atoms with E-state index < -0.39 is 16.4 Å². The van der Waals surface area contributed by atoms with Gasteiger partial charge in [0, 0.05) is 18.1 Å². The zero-order valence-corrected chi connectivity index (χ0v) is 22.9. The number of nitrogens with zero attached hydrogens (tertiary/aromatic N) is 1. The summed E-state index contributed by atoms with van der Waals surface area (Å²) >= 11 is 0. The molecule has 0 saturated carbocycles. The Morgan fingerprint density at radius 2 is 1.77 bits per heavy atom. The molecular formula is C25H39NO3Si2. The van der Waals surface area contributed by atoms with Crippen LogP contribution in [0, 0.1) is 17.4 Å². The normalized spacial score (nSPS) is 17.8. The smallest absolute Gasteiger partial charge is 0.415 e. The van der Waals surface area contributed by atoms with Crippen molar-refractivity contribution in [1.29, 1.82) is 0 Å². The van der Waals surface area contributed by atoms with Crippen LogP contribution in [0.15, 0.2) is 30.3 Å². The maximum atomic E-state index is 12.7. The van der Waals surface area contributed by atoms with Gasteiger partial charge in [-0.05, 0) is 35.8 Å². The number of ether oxygens (including phenoxy) is 1. The fraction of sp³-hybridized carbons (Fsp3) is 0.560. The lowest BCUT2D eigenvalue weighted by molar-refractivity contribution is 0.178. The van der Waals surface area contributed by atoms with E-state index in [1.807, 2.05) is 18.2 Å². The maximum absolute atomic E-state index is 12.7. The molecule has 0 fully saturated rings. The number of para-hydroxylation sites is 1. The van der Waals surface area contributed by atoms with Gasteiger partial charge in [0.15, 0.2) is 8.32 Å². The van der Waals surface area contributed by atoms with Crippen molar-refractivity contribution in [2.75, 3.05) is 18.6 Å². The van der Waals surface area contributed by atoms with E-state index in [0.717, 1.165) is 11.3 Å². The number of amides is 1. The average molecular weight is 458 g/mol. The molecule has 4 nitrogen and oxygen atoms in total. The van der Waals surface area contributed by atoms with Gasteiger partial charge in [-0.3, -0.25) is 4.90 Å². The number of carbonyl (C=O) groups excluding carboxylic acids is 1. The first kappa shape index (κ1) is 25.4. The van der Waals surface area contributed by atoms with E-state index in [-0.39, 0.29) is 23.1 Å². The molecule has 0 aromatic heterocycles. The Bertz CT molecular complexity index is 898. The highest BCUT2D eigenvalue weighted by molar-refractivity contribution is 6.83. The Morgan fingerprint density at radius 3 is 2.32 bits per heavy atom. The lowest BCUT2D eigenvalue weighted by Crippen LogP contribution is -2.43. The monoisotopic (exact) mass is 457 g/mol. The largest absolute Gasteiger partial charge is 0.452 e. The fourth-order valence-corrected chi connectivity index (χ4v) is 4.87. The van der Waals surface area contributed by atoms with Crippen LogP contribution in [0.2, 0.25) is 37.8 Å². The molecule has 0 bridgehead atoms. The van der Waals surface area contributed by atoms with Gasteiger partial charge >= 0.3 is 6.09 Å². The number of fused-ring (bicyclic) bond motifs is 1. The van der Waals surface area contributed by atoms with Crippen molar-refractivity contribution in [2.45, 2.75) is 71.5 Å². The fourth-order valence-electron chi connectivity index (χ4n) is 3.19. The number of anilines is 1. The van der Waals surface area contributed by atoms with Crippen molar-refractivity contribution in [3.8, 4) is 11.5 Å². The van der Waals surface area contributed by atoms with Crippen LogP contribution >= 0.6 is 0 Å². The van der Waals surface area contributed by atoms with Gasteiger partial charge in [0.2, 0.25) is 0 Å². The minimum Gasteiger partial charge on any atom is -0.452 e. The van der Waals surface area contributed by atoms with Gasteiger partial charge in [0.1, 0.15) is 14.1 Å². The summed E-state index contributed by atoms with van der Waals surface area (Å²) in [6.45, 7) is 20.8. The van der Waals surface area contributed by atoms with Gasteiger partial charge in [-0.2, -0.15) is 0 Å². The summed E-state index contributed by atoms with van der Waals surface area (Å²) in [5.41, 5.74) is 6.52. The second kappa shape index (κ2) is 9.35. The predicted octanol–water partition coefficient (Wildman–Crippen LogP) is 6.56. The van der Waals surface area contributed by atoms with E-state index in [1.54, 1.807) is 4.90 Å². The van der Waals surface area contributed by atoms with Crippen molar-refractivity contribution in [1.82, 2.24) is 0 Å². The first-order valence-corrected chi connectivity index (χ1v) is 17.4. The molecule has 6 heteroatoms. The van der Waals surface area contributed by atoms with Crippen LogP contribution < -0.4 is 4.90 Å². The highest BCUT2D eigenvalue weighted by Gasteiger charge is 2.38. The van der Waals surface area contributed by atoms with Crippen molar-refractivity contribution in [2.24, 2.45) is 5.92 Å². The summed E-state index contributed by atoms with van der Waals surface area (Å²) < 4.78 is 11.6. The van der Waals surface area contributed by atoms with E-state index >= 15 is 0 Å². The first-order valence-electron chi connectivity index (χ1n) is 11.0. The Hall–Kier alpha value is -1.82. The average Bonchev–Trinajstić information content (AvgIpc) is 2.67. The number of rotatable bonds is 4. The van der Waals surface area contributed by atoms with Gasteiger partial charge < -0.3 is 9.16 Å². The lowest BCUT2D eigenvalue weighted by atomic mass is 9.88. The van der Waals surface area contributed by atoms with Crippen LogP contribution in [-0.2, 0) is 9.16 Å². The van der Waals surface area contributed by atoms with E-state index in [2.05, 4.69) is 84.0 Å². The van der Waals surface area contributed by atoms with Crippen molar-refractivity contribution >= 4 is 33.7 Å². The summed E-state index contributed by atoms with van der Waals surface area (Å²) in [5, 5.41) is 0.165. The van der Waals surface area contributed by atoms with E-state index in [0.29, 0.717) is 6.61 Å². The summed E-state index contributed by atoms with van der Waals surface area (Å²) in [6, 6.07) is 7.67.